The molecular formula is C17H16N2O. The summed E-state index contributed by atoms with van der Waals surface area (Å²) in [6, 6.07) is 15.7. The molecule has 0 fully saturated rings. The zero-order chi connectivity index (χ0) is 14.1. The summed E-state index contributed by atoms with van der Waals surface area (Å²) in [6.07, 6.45) is 0. The molecule has 0 bridgehead atoms. The first-order chi connectivity index (χ1) is 9.70. The van der Waals surface area contributed by atoms with Crippen LogP contribution in [0.5, 0.6) is 0 Å². The van der Waals surface area contributed by atoms with E-state index in [0.717, 1.165) is 16.9 Å². The molecule has 0 aromatic heterocycles. The normalized spacial score (nSPS) is 15.8. The SMILES string of the molecule is CCN1C(=O)C(=Nc2ccc(C)cc2)c2ccccc21. The van der Waals surface area contributed by atoms with Gasteiger partial charge in [-0.05, 0) is 32.0 Å². The topological polar surface area (TPSA) is 32.7 Å². The second-order valence-electron chi connectivity index (χ2n) is 4.86. The van der Waals surface area contributed by atoms with E-state index in [4.69, 9.17) is 0 Å². The van der Waals surface area contributed by atoms with Gasteiger partial charge in [0.1, 0.15) is 5.71 Å². The average molecular weight is 264 g/mol. The van der Waals surface area contributed by atoms with E-state index in [-0.39, 0.29) is 5.91 Å². The summed E-state index contributed by atoms with van der Waals surface area (Å²) in [5.74, 6) is -0.0192. The molecule has 1 heterocycles. The monoisotopic (exact) mass is 264 g/mol. The van der Waals surface area contributed by atoms with Crippen LogP contribution < -0.4 is 4.90 Å². The Morgan fingerprint density at radius 2 is 1.75 bits per heavy atom. The molecular weight excluding hydrogens is 248 g/mol. The maximum atomic E-state index is 12.5. The Hall–Kier alpha value is -2.42. The summed E-state index contributed by atoms with van der Waals surface area (Å²) in [5, 5.41) is 0. The second kappa shape index (κ2) is 4.93. The van der Waals surface area contributed by atoms with Gasteiger partial charge in [0.05, 0.1) is 11.4 Å². The summed E-state index contributed by atoms with van der Waals surface area (Å²) >= 11 is 0. The lowest BCUT2D eigenvalue weighted by atomic mass is 10.1. The fourth-order valence-corrected chi connectivity index (χ4v) is 2.43. The average Bonchev–Trinajstić information content (AvgIpc) is 2.74. The van der Waals surface area contributed by atoms with E-state index in [9.17, 15) is 4.79 Å². The fourth-order valence-electron chi connectivity index (χ4n) is 2.43. The van der Waals surface area contributed by atoms with Crippen LogP contribution in [0.4, 0.5) is 11.4 Å². The van der Waals surface area contributed by atoms with Crippen LogP contribution in [0.15, 0.2) is 53.5 Å². The molecule has 0 aliphatic carbocycles. The number of para-hydroxylation sites is 1. The van der Waals surface area contributed by atoms with Crippen LogP contribution in [0.3, 0.4) is 0 Å². The van der Waals surface area contributed by atoms with Gasteiger partial charge in [-0.25, -0.2) is 4.99 Å². The van der Waals surface area contributed by atoms with Gasteiger partial charge in [0.15, 0.2) is 0 Å². The number of likely N-dealkylation sites (N-methyl/N-ethyl adjacent to an activating group) is 1. The predicted octanol–water partition coefficient (Wildman–Crippen LogP) is 3.48. The van der Waals surface area contributed by atoms with Crippen molar-refractivity contribution < 1.29 is 4.79 Å². The van der Waals surface area contributed by atoms with Gasteiger partial charge in [-0.15, -0.1) is 0 Å². The molecule has 20 heavy (non-hydrogen) atoms. The predicted molar refractivity (Wildman–Crippen MR) is 81.8 cm³/mol. The number of benzene rings is 2. The number of fused-ring (bicyclic) bond motifs is 1. The summed E-state index contributed by atoms with van der Waals surface area (Å²) in [7, 11) is 0. The molecule has 3 rings (SSSR count). The van der Waals surface area contributed by atoms with Gasteiger partial charge in [-0.2, -0.15) is 0 Å². The number of aliphatic imine (C=N–C) groups is 1. The van der Waals surface area contributed by atoms with Gasteiger partial charge in [-0.3, -0.25) is 4.79 Å². The third-order valence-corrected chi connectivity index (χ3v) is 3.49. The lowest BCUT2D eigenvalue weighted by molar-refractivity contribution is -0.112. The lowest BCUT2D eigenvalue weighted by Gasteiger charge is -2.12. The highest BCUT2D eigenvalue weighted by atomic mass is 16.2. The Balaban J connectivity index is 2.10. The lowest BCUT2D eigenvalue weighted by Crippen LogP contribution is -2.29. The number of amides is 1. The number of carbonyl (C=O) groups is 1. The van der Waals surface area contributed by atoms with Crippen LogP contribution in [0.25, 0.3) is 0 Å². The van der Waals surface area contributed by atoms with Crippen LogP contribution in [0.2, 0.25) is 0 Å². The Morgan fingerprint density at radius 3 is 2.45 bits per heavy atom. The van der Waals surface area contributed by atoms with Crippen molar-refractivity contribution in [2.45, 2.75) is 13.8 Å². The number of aryl methyl sites for hydroxylation is 1. The molecule has 2 aromatic carbocycles. The van der Waals surface area contributed by atoms with E-state index in [1.807, 2.05) is 62.4 Å². The quantitative estimate of drug-likeness (QED) is 0.817. The number of hydrogen-bond donors (Lipinski definition) is 0. The van der Waals surface area contributed by atoms with Crippen LogP contribution in [-0.4, -0.2) is 18.2 Å². The summed E-state index contributed by atoms with van der Waals surface area (Å²) < 4.78 is 0. The maximum absolute atomic E-state index is 12.5. The fraction of sp³-hybridized carbons (Fsp3) is 0.176. The van der Waals surface area contributed by atoms with E-state index in [1.165, 1.54) is 5.56 Å². The van der Waals surface area contributed by atoms with E-state index in [1.54, 1.807) is 4.90 Å². The van der Waals surface area contributed by atoms with E-state index in [0.29, 0.717) is 12.3 Å². The summed E-state index contributed by atoms with van der Waals surface area (Å²) in [4.78, 5) is 18.8. The molecule has 100 valence electrons. The summed E-state index contributed by atoms with van der Waals surface area (Å²) in [6.45, 7) is 4.66. The first-order valence-corrected chi connectivity index (χ1v) is 6.77. The number of hydrogen-bond acceptors (Lipinski definition) is 2. The highest BCUT2D eigenvalue weighted by Crippen LogP contribution is 2.30. The molecule has 1 aliphatic heterocycles. The standard InChI is InChI=1S/C17H16N2O/c1-3-19-15-7-5-4-6-14(15)16(17(19)20)18-13-10-8-12(2)9-11-13/h4-11H,3H2,1-2H3. The van der Waals surface area contributed by atoms with Gasteiger partial charge in [0.25, 0.3) is 5.91 Å². The molecule has 2 aromatic rings. The second-order valence-corrected chi connectivity index (χ2v) is 4.86. The van der Waals surface area contributed by atoms with Gasteiger partial charge in [0, 0.05) is 12.1 Å². The minimum absolute atomic E-state index is 0.0192. The molecule has 0 atom stereocenters. The van der Waals surface area contributed by atoms with Crippen molar-refractivity contribution in [3.05, 3.63) is 59.7 Å². The Labute approximate surface area is 118 Å². The molecule has 0 saturated carbocycles. The molecule has 3 nitrogen and oxygen atoms in total. The first kappa shape index (κ1) is 12.6. The Bertz CT molecular complexity index is 686. The molecule has 0 radical (unpaired) electrons. The minimum atomic E-state index is -0.0192. The number of rotatable bonds is 2. The minimum Gasteiger partial charge on any atom is -0.307 e. The highest BCUT2D eigenvalue weighted by Gasteiger charge is 2.32. The molecule has 1 amide bonds. The van der Waals surface area contributed by atoms with Gasteiger partial charge < -0.3 is 4.90 Å². The van der Waals surface area contributed by atoms with Gasteiger partial charge >= 0.3 is 0 Å². The summed E-state index contributed by atoms with van der Waals surface area (Å²) in [5.41, 5.74) is 4.39. The third-order valence-electron chi connectivity index (χ3n) is 3.49. The number of carbonyl (C=O) groups excluding carboxylic acids is 1. The number of nitrogens with zero attached hydrogens (tertiary/aromatic N) is 2. The largest absolute Gasteiger partial charge is 0.307 e. The van der Waals surface area contributed by atoms with Crippen molar-refractivity contribution in [1.82, 2.24) is 0 Å². The molecule has 0 spiro atoms. The molecule has 0 N–H and O–H groups in total. The molecule has 0 unspecified atom stereocenters. The van der Waals surface area contributed by atoms with Gasteiger partial charge in [-0.1, -0.05) is 35.9 Å². The molecule has 0 saturated heterocycles. The molecule has 3 heteroatoms. The van der Waals surface area contributed by atoms with Crippen LogP contribution in [0, 0.1) is 6.92 Å². The van der Waals surface area contributed by atoms with Crippen molar-refractivity contribution in [3.63, 3.8) is 0 Å². The smallest absolute Gasteiger partial charge is 0.277 e. The Kier molecular flexibility index (Phi) is 3.11. The van der Waals surface area contributed by atoms with Crippen LogP contribution in [-0.2, 0) is 4.79 Å². The van der Waals surface area contributed by atoms with Crippen molar-refractivity contribution in [2.24, 2.45) is 4.99 Å². The van der Waals surface area contributed by atoms with Crippen LogP contribution >= 0.6 is 0 Å². The number of anilines is 1. The first-order valence-electron chi connectivity index (χ1n) is 6.77. The van der Waals surface area contributed by atoms with Gasteiger partial charge in [0.2, 0.25) is 0 Å². The third kappa shape index (κ3) is 2.01. The van der Waals surface area contributed by atoms with Crippen LogP contribution in [0.1, 0.15) is 18.1 Å². The van der Waals surface area contributed by atoms with Crippen molar-refractivity contribution in [1.29, 1.82) is 0 Å². The highest BCUT2D eigenvalue weighted by molar-refractivity contribution is 6.54. The van der Waals surface area contributed by atoms with E-state index >= 15 is 0 Å². The van der Waals surface area contributed by atoms with Crippen molar-refractivity contribution in [3.8, 4) is 0 Å². The van der Waals surface area contributed by atoms with E-state index < -0.39 is 0 Å². The van der Waals surface area contributed by atoms with E-state index in [2.05, 4.69) is 4.99 Å². The molecule has 1 aliphatic rings. The zero-order valence-corrected chi connectivity index (χ0v) is 11.6. The zero-order valence-electron chi connectivity index (χ0n) is 11.6. The van der Waals surface area contributed by atoms with Crippen molar-refractivity contribution >= 4 is 23.0 Å². The Morgan fingerprint density at radius 1 is 1.05 bits per heavy atom. The maximum Gasteiger partial charge on any atom is 0.277 e. The van der Waals surface area contributed by atoms with Crippen molar-refractivity contribution in [2.75, 3.05) is 11.4 Å².